The van der Waals surface area contributed by atoms with Gasteiger partial charge in [-0.1, -0.05) is 12.1 Å². The van der Waals surface area contributed by atoms with Crippen molar-refractivity contribution in [3.8, 4) is 11.3 Å². The van der Waals surface area contributed by atoms with Gasteiger partial charge in [0, 0.05) is 34.5 Å². The molecule has 0 aliphatic heterocycles. The minimum Gasteiger partial charge on any atom is -0.449 e. The van der Waals surface area contributed by atoms with Crippen LogP contribution in [0.4, 0.5) is 5.69 Å². The van der Waals surface area contributed by atoms with Crippen LogP contribution in [0.15, 0.2) is 47.1 Å². The third-order valence-corrected chi connectivity index (χ3v) is 4.06. The van der Waals surface area contributed by atoms with E-state index in [1.54, 1.807) is 6.26 Å². The molecule has 0 radical (unpaired) electrons. The maximum Gasteiger partial charge on any atom is 0.191 e. The highest BCUT2D eigenvalue weighted by Crippen LogP contribution is 2.22. The van der Waals surface area contributed by atoms with Gasteiger partial charge >= 0.3 is 0 Å². The topological polar surface area (TPSA) is 38.1 Å². The van der Waals surface area contributed by atoms with Gasteiger partial charge in [0.1, 0.15) is 12.0 Å². The molecule has 2 aromatic heterocycles. The molecule has 0 bridgehead atoms. The highest BCUT2D eigenvalue weighted by atomic mass is 32.1. The van der Waals surface area contributed by atoms with Crippen molar-refractivity contribution < 1.29 is 4.42 Å². The van der Waals surface area contributed by atoms with Crippen molar-refractivity contribution in [1.82, 2.24) is 4.98 Å². The van der Waals surface area contributed by atoms with Crippen LogP contribution in [-0.4, -0.2) is 4.98 Å². The van der Waals surface area contributed by atoms with Gasteiger partial charge in [-0.25, -0.2) is 4.98 Å². The summed E-state index contributed by atoms with van der Waals surface area (Å²) in [7, 11) is 0. The van der Waals surface area contributed by atoms with Crippen molar-refractivity contribution >= 4 is 17.0 Å². The highest BCUT2D eigenvalue weighted by Gasteiger charge is 2.03. The normalized spacial score (nSPS) is 10.7. The number of thiophene rings is 1. The molecular weight excluding hydrogens is 268 g/mol. The minimum atomic E-state index is 0.690. The highest BCUT2D eigenvalue weighted by molar-refractivity contribution is 7.11. The third kappa shape index (κ3) is 2.91. The summed E-state index contributed by atoms with van der Waals surface area (Å²) in [6.07, 6.45) is 1.69. The zero-order valence-electron chi connectivity index (χ0n) is 11.5. The Morgan fingerprint density at radius 3 is 2.50 bits per heavy atom. The second-order valence-electron chi connectivity index (χ2n) is 4.70. The first-order valence-electron chi connectivity index (χ1n) is 6.52. The molecule has 4 heteroatoms. The van der Waals surface area contributed by atoms with Gasteiger partial charge in [-0.15, -0.1) is 11.3 Å². The van der Waals surface area contributed by atoms with Crippen LogP contribution in [0.5, 0.6) is 0 Å². The molecule has 1 N–H and O–H groups in total. The molecule has 0 atom stereocenters. The number of benzene rings is 1. The number of rotatable bonds is 4. The Bertz CT molecular complexity index is 697. The quantitative estimate of drug-likeness (QED) is 0.759. The summed E-state index contributed by atoms with van der Waals surface area (Å²) in [4.78, 5) is 7.01. The van der Waals surface area contributed by atoms with Gasteiger partial charge in [-0.3, -0.25) is 0 Å². The first-order chi connectivity index (χ1) is 9.70. The van der Waals surface area contributed by atoms with E-state index in [9.17, 15) is 0 Å². The van der Waals surface area contributed by atoms with E-state index in [4.69, 9.17) is 4.42 Å². The molecule has 0 spiro atoms. The number of hydrogen-bond acceptors (Lipinski definition) is 4. The predicted octanol–water partition coefficient (Wildman–Crippen LogP) is 4.63. The summed E-state index contributed by atoms with van der Waals surface area (Å²) in [5, 5.41) is 3.42. The number of oxazole rings is 1. The molecule has 0 unspecified atom stereocenters. The average molecular weight is 284 g/mol. The summed E-state index contributed by atoms with van der Waals surface area (Å²) in [5.41, 5.74) is 3.06. The Kier molecular flexibility index (Phi) is 3.56. The van der Waals surface area contributed by atoms with Gasteiger partial charge in [0.2, 0.25) is 0 Å². The van der Waals surface area contributed by atoms with E-state index < -0.39 is 0 Å². The van der Waals surface area contributed by atoms with Crippen LogP contribution in [0, 0.1) is 13.8 Å². The second kappa shape index (κ2) is 5.51. The van der Waals surface area contributed by atoms with Gasteiger partial charge in [0.15, 0.2) is 5.89 Å². The van der Waals surface area contributed by atoms with E-state index in [1.165, 1.54) is 9.75 Å². The lowest BCUT2D eigenvalue weighted by Crippen LogP contribution is -1.96. The molecule has 2 heterocycles. The van der Waals surface area contributed by atoms with Crippen LogP contribution in [0.1, 0.15) is 15.6 Å². The van der Waals surface area contributed by atoms with Gasteiger partial charge in [0.25, 0.3) is 0 Å². The number of aromatic nitrogens is 1. The summed E-state index contributed by atoms with van der Waals surface area (Å²) >= 11 is 1.82. The van der Waals surface area contributed by atoms with E-state index in [0.29, 0.717) is 5.89 Å². The summed E-state index contributed by atoms with van der Waals surface area (Å²) < 4.78 is 5.23. The third-order valence-electron chi connectivity index (χ3n) is 3.06. The molecule has 0 saturated heterocycles. The van der Waals surface area contributed by atoms with E-state index in [2.05, 4.69) is 53.6 Å². The maximum atomic E-state index is 5.23. The van der Waals surface area contributed by atoms with Crippen molar-refractivity contribution in [3.05, 3.63) is 58.3 Å². The van der Waals surface area contributed by atoms with Crippen LogP contribution in [0.2, 0.25) is 0 Å². The number of hydrogen-bond donors (Lipinski definition) is 1. The molecule has 0 fully saturated rings. The smallest absolute Gasteiger partial charge is 0.191 e. The molecule has 3 rings (SSSR count). The molecule has 0 aliphatic rings. The molecule has 0 saturated carbocycles. The van der Waals surface area contributed by atoms with Crippen LogP contribution in [0.3, 0.4) is 0 Å². The van der Waals surface area contributed by atoms with Crippen LogP contribution < -0.4 is 5.32 Å². The fourth-order valence-electron chi connectivity index (χ4n) is 2.02. The second-order valence-corrected chi connectivity index (χ2v) is 6.07. The van der Waals surface area contributed by atoms with E-state index in [0.717, 1.165) is 23.5 Å². The lowest BCUT2D eigenvalue weighted by molar-refractivity contribution is 0.521. The Labute approximate surface area is 122 Å². The fraction of sp³-hybridized carbons (Fsp3) is 0.188. The van der Waals surface area contributed by atoms with Crippen LogP contribution in [-0.2, 0) is 6.54 Å². The zero-order chi connectivity index (χ0) is 13.9. The molecule has 3 aromatic rings. The molecule has 1 aromatic carbocycles. The number of nitrogens with one attached hydrogen (secondary N) is 1. The number of nitrogens with zero attached hydrogens (tertiary/aromatic N) is 1. The van der Waals surface area contributed by atoms with Gasteiger partial charge in [0.05, 0.1) is 0 Å². The van der Waals surface area contributed by atoms with Gasteiger partial charge in [-0.05, 0) is 31.2 Å². The first kappa shape index (κ1) is 12.9. The summed E-state index contributed by atoms with van der Waals surface area (Å²) in [6.45, 7) is 4.84. The lowest BCUT2D eigenvalue weighted by atomic mass is 10.1. The Morgan fingerprint density at radius 2 is 1.90 bits per heavy atom. The van der Waals surface area contributed by atoms with E-state index in [-0.39, 0.29) is 0 Å². The van der Waals surface area contributed by atoms with Crippen LogP contribution in [0.25, 0.3) is 11.3 Å². The number of anilines is 1. The zero-order valence-corrected chi connectivity index (χ0v) is 12.3. The lowest BCUT2D eigenvalue weighted by Gasteiger charge is -2.05. The SMILES string of the molecule is Cc1nc(-c2ccc(NCc3ccc(C)s3)cc2)co1. The Morgan fingerprint density at radius 1 is 1.10 bits per heavy atom. The number of aryl methyl sites for hydroxylation is 2. The minimum absolute atomic E-state index is 0.690. The predicted molar refractivity (Wildman–Crippen MR) is 83.1 cm³/mol. The molecule has 0 amide bonds. The Balaban J connectivity index is 1.67. The molecule has 3 nitrogen and oxygen atoms in total. The van der Waals surface area contributed by atoms with E-state index in [1.807, 2.05) is 18.3 Å². The van der Waals surface area contributed by atoms with Crippen molar-refractivity contribution in [2.75, 3.05) is 5.32 Å². The van der Waals surface area contributed by atoms with Crippen molar-refractivity contribution in [2.24, 2.45) is 0 Å². The standard InChI is InChI=1S/C16H16N2OS/c1-11-3-8-15(20-11)9-17-14-6-4-13(5-7-14)16-10-19-12(2)18-16/h3-8,10,17H,9H2,1-2H3. The molecular formula is C16H16N2OS. The first-order valence-corrected chi connectivity index (χ1v) is 7.34. The van der Waals surface area contributed by atoms with Gasteiger partial charge in [-0.2, -0.15) is 0 Å². The average Bonchev–Trinajstić information content (AvgIpc) is 3.06. The van der Waals surface area contributed by atoms with Gasteiger partial charge < -0.3 is 9.73 Å². The largest absolute Gasteiger partial charge is 0.449 e. The van der Waals surface area contributed by atoms with E-state index >= 15 is 0 Å². The summed E-state index contributed by atoms with van der Waals surface area (Å²) in [5.74, 6) is 0.690. The summed E-state index contributed by atoms with van der Waals surface area (Å²) in [6, 6.07) is 12.6. The van der Waals surface area contributed by atoms with Crippen LogP contribution >= 0.6 is 11.3 Å². The fourth-order valence-corrected chi connectivity index (χ4v) is 2.85. The Hall–Kier alpha value is -2.07. The maximum absolute atomic E-state index is 5.23. The molecule has 20 heavy (non-hydrogen) atoms. The van der Waals surface area contributed by atoms with Crippen molar-refractivity contribution in [2.45, 2.75) is 20.4 Å². The molecule has 102 valence electrons. The molecule has 0 aliphatic carbocycles. The van der Waals surface area contributed by atoms with Crippen molar-refractivity contribution in [1.29, 1.82) is 0 Å². The monoisotopic (exact) mass is 284 g/mol. The van der Waals surface area contributed by atoms with Crippen molar-refractivity contribution in [3.63, 3.8) is 0 Å².